The second kappa shape index (κ2) is 5.63. The molecular formula is C13H19NO2S2. The van der Waals surface area contributed by atoms with Gasteiger partial charge in [-0.25, -0.2) is 8.42 Å². The molecule has 0 amide bonds. The molecule has 1 heterocycles. The second-order valence-electron chi connectivity index (χ2n) is 4.70. The van der Waals surface area contributed by atoms with Crippen molar-refractivity contribution < 1.29 is 8.42 Å². The molecule has 0 aromatic heterocycles. The Kier molecular flexibility index (Phi) is 4.35. The summed E-state index contributed by atoms with van der Waals surface area (Å²) in [5.41, 5.74) is 1.17. The van der Waals surface area contributed by atoms with Crippen LogP contribution in [0.2, 0.25) is 0 Å². The van der Waals surface area contributed by atoms with E-state index in [9.17, 15) is 8.42 Å². The van der Waals surface area contributed by atoms with Gasteiger partial charge in [0.15, 0.2) is 9.84 Å². The second-order valence-corrected chi connectivity index (χ2v) is 7.79. The Morgan fingerprint density at radius 1 is 1.28 bits per heavy atom. The fourth-order valence-corrected chi connectivity index (χ4v) is 3.99. The molecular weight excluding hydrogens is 266 g/mol. The van der Waals surface area contributed by atoms with E-state index in [1.807, 2.05) is 23.9 Å². The van der Waals surface area contributed by atoms with Gasteiger partial charge in [0, 0.05) is 29.8 Å². The summed E-state index contributed by atoms with van der Waals surface area (Å²) in [6.45, 7) is 2.19. The van der Waals surface area contributed by atoms with Crippen LogP contribution in [0.3, 0.4) is 0 Å². The fraction of sp³-hybridized carbons (Fsp3) is 0.538. The molecule has 1 aromatic carbocycles. The molecule has 5 heteroatoms. The quantitative estimate of drug-likeness (QED) is 0.925. The molecule has 0 bridgehead atoms. The molecule has 1 fully saturated rings. The molecule has 100 valence electrons. The molecule has 1 aliphatic heterocycles. The summed E-state index contributed by atoms with van der Waals surface area (Å²) < 4.78 is 22.8. The van der Waals surface area contributed by atoms with Gasteiger partial charge in [-0.2, -0.15) is 11.8 Å². The highest BCUT2D eigenvalue weighted by atomic mass is 32.2. The van der Waals surface area contributed by atoms with Gasteiger partial charge in [-0.3, -0.25) is 0 Å². The minimum Gasteiger partial charge on any atom is -0.306 e. The Hall–Kier alpha value is -0.520. The molecule has 1 saturated heterocycles. The van der Waals surface area contributed by atoms with E-state index in [0.29, 0.717) is 17.0 Å². The van der Waals surface area contributed by atoms with Crippen molar-refractivity contribution in [3.8, 4) is 0 Å². The summed E-state index contributed by atoms with van der Waals surface area (Å²) in [7, 11) is -3.09. The first-order chi connectivity index (χ1) is 8.50. The van der Waals surface area contributed by atoms with Crippen LogP contribution in [0.1, 0.15) is 24.9 Å². The summed E-state index contributed by atoms with van der Waals surface area (Å²) >= 11 is 1.96. The summed E-state index contributed by atoms with van der Waals surface area (Å²) in [5.74, 6) is 2.21. The molecule has 3 nitrogen and oxygen atoms in total. The van der Waals surface area contributed by atoms with Gasteiger partial charge in [-0.1, -0.05) is 19.1 Å². The summed E-state index contributed by atoms with van der Waals surface area (Å²) in [6, 6.07) is 8.14. The minimum atomic E-state index is -3.09. The maximum absolute atomic E-state index is 11.4. The molecule has 1 aromatic rings. The summed E-state index contributed by atoms with van der Waals surface area (Å²) in [5, 5.41) is 3.61. The SMILES string of the molecule is CCC1CSCC(c2ccc(S(C)(=O)=O)cc2)N1. The van der Waals surface area contributed by atoms with Crippen molar-refractivity contribution in [2.45, 2.75) is 30.3 Å². The number of benzene rings is 1. The van der Waals surface area contributed by atoms with Gasteiger partial charge in [0.25, 0.3) is 0 Å². The zero-order valence-corrected chi connectivity index (χ0v) is 12.4. The van der Waals surface area contributed by atoms with E-state index in [4.69, 9.17) is 0 Å². The first-order valence-corrected chi connectivity index (χ1v) is 9.19. The Morgan fingerprint density at radius 3 is 2.50 bits per heavy atom. The van der Waals surface area contributed by atoms with Crippen LogP contribution in [-0.4, -0.2) is 32.2 Å². The highest BCUT2D eigenvalue weighted by molar-refractivity contribution is 7.99. The Morgan fingerprint density at radius 2 is 1.94 bits per heavy atom. The number of hydrogen-bond acceptors (Lipinski definition) is 4. The van der Waals surface area contributed by atoms with Gasteiger partial charge in [0.05, 0.1) is 4.90 Å². The molecule has 0 aliphatic carbocycles. The van der Waals surface area contributed by atoms with Crippen molar-refractivity contribution in [1.29, 1.82) is 0 Å². The Balaban J connectivity index is 2.14. The van der Waals surface area contributed by atoms with Gasteiger partial charge < -0.3 is 5.32 Å². The first-order valence-electron chi connectivity index (χ1n) is 6.14. The van der Waals surface area contributed by atoms with Crippen molar-refractivity contribution in [2.24, 2.45) is 0 Å². The topological polar surface area (TPSA) is 46.2 Å². The van der Waals surface area contributed by atoms with E-state index in [2.05, 4.69) is 12.2 Å². The van der Waals surface area contributed by atoms with Crippen molar-refractivity contribution in [3.05, 3.63) is 29.8 Å². The maximum atomic E-state index is 11.4. The van der Waals surface area contributed by atoms with Crippen LogP contribution in [0.15, 0.2) is 29.2 Å². The Labute approximate surface area is 113 Å². The average molecular weight is 285 g/mol. The third-order valence-corrected chi connectivity index (χ3v) is 5.58. The van der Waals surface area contributed by atoms with Gasteiger partial charge in [-0.05, 0) is 24.1 Å². The van der Waals surface area contributed by atoms with Crippen LogP contribution in [0.5, 0.6) is 0 Å². The fourth-order valence-electron chi connectivity index (χ4n) is 2.08. The number of rotatable bonds is 3. The molecule has 18 heavy (non-hydrogen) atoms. The molecule has 2 rings (SSSR count). The van der Waals surface area contributed by atoms with E-state index in [1.165, 1.54) is 11.8 Å². The minimum absolute atomic E-state index is 0.335. The predicted molar refractivity (Wildman–Crippen MR) is 76.8 cm³/mol. The zero-order valence-electron chi connectivity index (χ0n) is 10.7. The number of hydrogen-bond donors (Lipinski definition) is 1. The predicted octanol–water partition coefficient (Wildman–Crippen LogP) is 2.25. The molecule has 1 N–H and O–H groups in total. The van der Waals surface area contributed by atoms with Crippen molar-refractivity contribution >= 4 is 21.6 Å². The van der Waals surface area contributed by atoms with Crippen molar-refractivity contribution in [3.63, 3.8) is 0 Å². The lowest BCUT2D eigenvalue weighted by Gasteiger charge is -2.30. The molecule has 2 atom stereocenters. The van der Waals surface area contributed by atoms with E-state index in [1.54, 1.807) is 12.1 Å². The summed E-state index contributed by atoms with van der Waals surface area (Å²) in [6.07, 6.45) is 2.37. The van der Waals surface area contributed by atoms with Gasteiger partial charge in [0.2, 0.25) is 0 Å². The lowest BCUT2D eigenvalue weighted by molar-refractivity contribution is 0.466. The van der Waals surface area contributed by atoms with Crippen LogP contribution >= 0.6 is 11.8 Å². The number of thioether (sulfide) groups is 1. The Bertz CT molecular complexity index is 496. The van der Waals surface area contributed by atoms with Gasteiger partial charge in [-0.15, -0.1) is 0 Å². The van der Waals surface area contributed by atoms with E-state index in [-0.39, 0.29) is 0 Å². The first kappa shape index (κ1) is 13.9. The van der Waals surface area contributed by atoms with Crippen molar-refractivity contribution in [1.82, 2.24) is 5.32 Å². The normalized spacial score (nSPS) is 25.0. The smallest absolute Gasteiger partial charge is 0.175 e. The summed E-state index contributed by atoms with van der Waals surface area (Å²) in [4.78, 5) is 0.391. The maximum Gasteiger partial charge on any atom is 0.175 e. The van der Waals surface area contributed by atoms with Crippen LogP contribution in [0, 0.1) is 0 Å². The highest BCUT2D eigenvalue weighted by Crippen LogP contribution is 2.26. The number of nitrogens with one attached hydrogen (secondary N) is 1. The molecule has 0 radical (unpaired) electrons. The van der Waals surface area contributed by atoms with Crippen LogP contribution in [0.4, 0.5) is 0 Å². The average Bonchev–Trinajstić information content (AvgIpc) is 2.38. The van der Waals surface area contributed by atoms with E-state index < -0.39 is 9.84 Å². The molecule has 2 unspecified atom stereocenters. The van der Waals surface area contributed by atoms with Crippen LogP contribution in [0.25, 0.3) is 0 Å². The van der Waals surface area contributed by atoms with Gasteiger partial charge >= 0.3 is 0 Å². The van der Waals surface area contributed by atoms with Crippen LogP contribution in [-0.2, 0) is 9.84 Å². The lowest BCUT2D eigenvalue weighted by Crippen LogP contribution is -2.39. The zero-order chi connectivity index (χ0) is 13.2. The third-order valence-electron chi connectivity index (χ3n) is 3.24. The lowest BCUT2D eigenvalue weighted by atomic mass is 10.1. The van der Waals surface area contributed by atoms with Crippen LogP contribution < -0.4 is 5.32 Å². The largest absolute Gasteiger partial charge is 0.306 e. The molecule has 1 aliphatic rings. The standard InChI is InChI=1S/C13H19NO2S2/c1-3-11-8-17-9-13(14-11)10-4-6-12(7-5-10)18(2,15)16/h4-7,11,13-14H,3,8-9H2,1-2H3. The van der Waals surface area contributed by atoms with E-state index in [0.717, 1.165) is 17.9 Å². The number of sulfone groups is 1. The highest BCUT2D eigenvalue weighted by Gasteiger charge is 2.21. The molecule has 0 saturated carbocycles. The third kappa shape index (κ3) is 3.28. The monoisotopic (exact) mass is 285 g/mol. The van der Waals surface area contributed by atoms with Crippen molar-refractivity contribution in [2.75, 3.05) is 17.8 Å². The molecule has 0 spiro atoms. The van der Waals surface area contributed by atoms with E-state index >= 15 is 0 Å². The van der Waals surface area contributed by atoms with Gasteiger partial charge in [0.1, 0.15) is 0 Å².